The van der Waals surface area contributed by atoms with Crippen LogP contribution in [0.3, 0.4) is 0 Å². The summed E-state index contributed by atoms with van der Waals surface area (Å²) in [5.41, 5.74) is 3.30. The topological polar surface area (TPSA) is 115 Å². The van der Waals surface area contributed by atoms with Crippen molar-refractivity contribution in [2.75, 3.05) is 16.5 Å². The highest BCUT2D eigenvalue weighted by Crippen LogP contribution is 2.17. The van der Waals surface area contributed by atoms with Crippen molar-refractivity contribution in [3.05, 3.63) is 59.7 Å². The zero-order valence-corrected chi connectivity index (χ0v) is 15.0. The van der Waals surface area contributed by atoms with E-state index in [0.29, 0.717) is 10.7 Å². The molecule has 3 rings (SSSR count). The van der Waals surface area contributed by atoms with Gasteiger partial charge in [0.1, 0.15) is 5.75 Å². The molecule has 3 aromatic rings. The Labute approximate surface area is 162 Å². The lowest BCUT2D eigenvalue weighted by molar-refractivity contribution is -0.113. The molecule has 11 heteroatoms. The van der Waals surface area contributed by atoms with Gasteiger partial charge in [-0.3, -0.25) is 4.79 Å². The van der Waals surface area contributed by atoms with E-state index in [1.807, 2.05) is 0 Å². The van der Waals surface area contributed by atoms with Gasteiger partial charge in [-0.1, -0.05) is 23.9 Å². The number of carbonyl (C=O) groups excluding carboxylic acids is 1. The minimum Gasteiger partial charge on any atom is -0.507 e. The maximum Gasteiger partial charge on any atom is 0.240 e. The van der Waals surface area contributed by atoms with Crippen molar-refractivity contribution >= 4 is 35.5 Å². The second-order valence-electron chi connectivity index (χ2n) is 5.36. The molecule has 0 saturated heterocycles. The minimum atomic E-state index is -1.04. The van der Waals surface area contributed by atoms with Crippen molar-refractivity contribution in [3.63, 3.8) is 0 Å². The molecule has 1 heterocycles. The summed E-state index contributed by atoms with van der Waals surface area (Å²) in [6.45, 7) is 0. The number of benzene rings is 2. The predicted molar refractivity (Wildman–Crippen MR) is 101 cm³/mol. The van der Waals surface area contributed by atoms with E-state index in [-0.39, 0.29) is 23.1 Å². The number of H-pyrrole nitrogens is 1. The zero-order valence-electron chi connectivity index (χ0n) is 14.2. The molecule has 1 aromatic heterocycles. The largest absolute Gasteiger partial charge is 0.507 e. The third-order valence-corrected chi connectivity index (χ3v) is 4.16. The van der Waals surface area contributed by atoms with Crippen LogP contribution < -0.4 is 10.7 Å². The number of carbonyl (C=O) groups is 1. The number of nitrogens with zero attached hydrogens (tertiary/aromatic N) is 3. The highest BCUT2D eigenvalue weighted by atomic mass is 32.2. The number of aromatic hydroxyl groups is 1. The maximum atomic E-state index is 13.1. The first-order valence-electron chi connectivity index (χ1n) is 7.88. The van der Waals surface area contributed by atoms with Crippen molar-refractivity contribution in [1.29, 1.82) is 0 Å². The van der Waals surface area contributed by atoms with E-state index >= 15 is 0 Å². The van der Waals surface area contributed by atoms with E-state index in [1.165, 1.54) is 18.3 Å². The lowest BCUT2D eigenvalue weighted by Gasteiger charge is -2.04. The Morgan fingerprint density at radius 2 is 2.07 bits per heavy atom. The first-order chi connectivity index (χ1) is 13.5. The molecule has 0 atom stereocenters. The minimum absolute atomic E-state index is 0.0303. The molecule has 0 radical (unpaired) electrons. The number of hydrazone groups is 1. The first kappa shape index (κ1) is 19.3. The van der Waals surface area contributed by atoms with Gasteiger partial charge in [0.15, 0.2) is 11.6 Å². The van der Waals surface area contributed by atoms with Gasteiger partial charge in [0.05, 0.1) is 12.0 Å². The number of anilines is 2. The molecule has 0 bridgehead atoms. The summed E-state index contributed by atoms with van der Waals surface area (Å²) in [5, 5.41) is 22.8. The fourth-order valence-electron chi connectivity index (χ4n) is 2.02. The highest BCUT2D eigenvalue weighted by molar-refractivity contribution is 7.99. The summed E-state index contributed by atoms with van der Waals surface area (Å²) in [5.74, 6) is -2.15. The van der Waals surface area contributed by atoms with Crippen LogP contribution in [0.25, 0.3) is 0 Å². The summed E-state index contributed by atoms with van der Waals surface area (Å²) in [6.07, 6.45) is 1.42. The average molecular weight is 404 g/mol. The molecule has 0 aliphatic carbocycles. The third kappa shape index (κ3) is 5.27. The van der Waals surface area contributed by atoms with Crippen LogP contribution in [-0.2, 0) is 4.79 Å². The Hall–Kier alpha value is -3.47. The Morgan fingerprint density at radius 3 is 2.86 bits per heavy atom. The molecule has 0 aliphatic rings. The zero-order chi connectivity index (χ0) is 19.9. The fourth-order valence-corrected chi connectivity index (χ4v) is 2.62. The van der Waals surface area contributed by atoms with E-state index in [2.05, 4.69) is 31.0 Å². The number of aromatic nitrogens is 3. The van der Waals surface area contributed by atoms with E-state index in [4.69, 9.17) is 0 Å². The lowest BCUT2D eigenvalue weighted by Crippen LogP contribution is -2.14. The van der Waals surface area contributed by atoms with Gasteiger partial charge in [-0.05, 0) is 24.3 Å². The number of para-hydroxylation sites is 1. The van der Waals surface area contributed by atoms with E-state index in [9.17, 15) is 18.7 Å². The van der Waals surface area contributed by atoms with Crippen LogP contribution in [0.2, 0.25) is 0 Å². The van der Waals surface area contributed by atoms with Gasteiger partial charge in [-0.25, -0.2) is 19.3 Å². The lowest BCUT2D eigenvalue weighted by atomic mass is 10.2. The van der Waals surface area contributed by atoms with Gasteiger partial charge in [0.2, 0.25) is 17.0 Å². The fraction of sp³-hybridized carbons (Fsp3) is 0.0588. The molecule has 28 heavy (non-hydrogen) atoms. The van der Waals surface area contributed by atoms with E-state index in [1.54, 1.807) is 18.2 Å². The number of hydrogen-bond donors (Lipinski definition) is 4. The van der Waals surface area contributed by atoms with Crippen molar-refractivity contribution < 1.29 is 18.7 Å². The Morgan fingerprint density at radius 1 is 1.25 bits per heavy atom. The molecular formula is C17H14F2N6O2S. The SMILES string of the molecule is O=C(CSc1n[nH]c(N/N=C/c2ccccc2O)n1)Nc1ccc(F)c(F)c1. The van der Waals surface area contributed by atoms with E-state index < -0.39 is 17.5 Å². The number of nitrogens with one attached hydrogen (secondary N) is 3. The summed E-state index contributed by atoms with van der Waals surface area (Å²) in [6, 6.07) is 9.77. The number of hydrogen-bond acceptors (Lipinski definition) is 7. The summed E-state index contributed by atoms with van der Waals surface area (Å²) >= 11 is 1.04. The predicted octanol–water partition coefficient (Wildman–Crippen LogP) is 2.97. The molecule has 0 saturated carbocycles. The Bertz CT molecular complexity index is 1010. The molecule has 1 amide bonds. The first-order valence-corrected chi connectivity index (χ1v) is 8.87. The van der Waals surface area contributed by atoms with Gasteiger partial charge < -0.3 is 10.4 Å². The molecule has 0 unspecified atom stereocenters. The van der Waals surface area contributed by atoms with Crippen molar-refractivity contribution in [3.8, 4) is 5.75 Å². The van der Waals surface area contributed by atoms with Crippen LogP contribution in [0.1, 0.15) is 5.56 Å². The quantitative estimate of drug-likeness (QED) is 0.273. The van der Waals surface area contributed by atoms with Gasteiger partial charge in [0.25, 0.3) is 0 Å². The third-order valence-electron chi connectivity index (χ3n) is 3.31. The van der Waals surface area contributed by atoms with Crippen LogP contribution in [0.4, 0.5) is 20.4 Å². The van der Waals surface area contributed by atoms with Crippen molar-refractivity contribution in [2.45, 2.75) is 5.16 Å². The monoisotopic (exact) mass is 404 g/mol. The standard InChI is InChI=1S/C17H14F2N6O2S/c18-12-6-5-11(7-13(12)19)21-15(27)9-28-17-22-16(24-25-17)23-20-8-10-3-1-2-4-14(10)26/h1-8,26H,9H2,(H,21,27)(H2,22,23,24,25)/b20-8+. The number of phenols is 1. The Kier molecular flexibility index (Phi) is 6.17. The van der Waals surface area contributed by atoms with Crippen LogP contribution in [0.5, 0.6) is 5.75 Å². The van der Waals surface area contributed by atoms with Crippen molar-refractivity contribution in [1.82, 2.24) is 15.2 Å². The molecule has 2 aromatic carbocycles. The van der Waals surface area contributed by atoms with Gasteiger partial charge >= 0.3 is 0 Å². The number of amides is 1. The number of phenolic OH excluding ortho intramolecular Hbond substituents is 1. The summed E-state index contributed by atoms with van der Waals surface area (Å²) in [7, 11) is 0. The van der Waals surface area contributed by atoms with Crippen LogP contribution in [0.15, 0.2) is 52.7 Å². The van der Waals surface area contributed by atoms with E-state index in [0.717, 1.165) is 23.9 Å². The highest BCUT2D eigenvalue weighted by Gasteiger charge is 2.09. The molecule has 0 aliphatic heterocycles. The normalized spacial score (nSPS) is 10.9. The number of thioether (sulfide) groups is 1. The smallest absolute Gasteiger partial charge is 0.240 e. The average Bonchev–Trinajstić information content (AvgIpc) is 3.12. The Balaban J connectivity index is 1.48. The van der Waals surface area contributed by atoms with Crippen molar-refractivity contribution in [2.24, 2.45) is 5.10 Å². The summed E-state index contributed by atoms with van der Waals surface area (Å²) < 4.78 is 26.0. The summed E-state index contributed by atoms with van der Waals surface area (Å²) in [4.78, 5) is 16.0. The van der Waals surface area contributed by atoms with Crippen LogP contribution in [0, 0.1) is 11.6 Å². The number of halogens is 2. The van der Waals surface area contributed by atoms with Crippen LogP contribution in [-0.4, -0.2) is 38.2 Å². The molecular weight excluding hydrogens is 390 g/mol. The number of aromatic amines is 1. The number of rotatable bonds is 7. The maximum absolute atomic E-state index is 13.1. The molecule has 4 N–H and O–H groups in total. The molecule has 8 nitrogen and oxygen atoms in total. The second kappa shape index (κ2) is 8.95. The molecule has 0 spiro atoms. The second-order valence-corrected chi connectivity index (χ2v) is 6.30. The van der Waals surface area contributed by atoms with Gasteiger partial charge in [0, 0.05) is 17.3 Å². The molecule has 0 fully saturated rings. The van der Waals surface area contributed by atoms with Gasteiger partial charge in [-0.2, -0.15) is 10.1 Å². The van der Waals surface area contributed by atoms with Gasteiger partial charge in [-0.15, -0.1) is 5.10 Å². The van der Waals surface area contributed by atoms with Crippen LogP contribution >= 0.6 is 11.8 Å². The molecule has 144 valence electrons.